The molecule has 1 heterocycles. The van der Waals surface area contributed by atoms with Gasteiger partial charge in [-0.3, -0.25) is 4.31 Å². The zero-order chi connectivity index (χ0) is 20.4. The van der Waals surface area contributed by atoms with Crippen molar-refractivity contribution in [2.45, 2.75) is 30.3 Å². The van der Waals surface area contributed by atoms with Gasteiger partial charge in [-0.2, -0.15) is 13.2 Å². The van der Waals surface area contributed by atoms with Crippen molar-refractivity contribution >= 4 is 52.4 Å². The summed E-state index contributed by atoms with van der Waals surface area (Å²) in [5.74, 6) is 0. The van der Waals surface area contributed by atoms with Crippen LogP contribution < -0.4 is 4.31 Å². The first-order valence-corrected chi connectivity index (χ1v) is 11.6. The van der Waals surface area contributed by atoms with Gasteiger partial charge in [-0.05, 0) is 54.6 Å². The predicted octanol–water partition coefficient (Wildman–Crippen LogP) is 6.59. The summed E-state index contributed by atoms with van der Waals surface area (Å²) in [7, 11) is -3.89. The van der Waals surface area contributed by atoms with E-state index in [9.17, 15) is 21.6 Å². The number of benzene rings is 2. The van der Waals surface area contributed by atoms with Gasteiger partial charge >= 0.3 is 6.18 Å². The zero-order valence-electron chi connectivity index (χ0n) is 14.6. The Morgan fingerprint density at radius 1 is 1.00 bits per heavy atom. The summed E-state index contributed by atoms with van der Waals surface area (Å²) in [6, 6.07) is 15.5. The summed E-state index contributed by atoms with van der Waals surface area (Å²) < 4.78 is 66.6. The van der Waals surface area contributed by atoms with Crippen LogP contribution in [0.15, 0.2) is 64.0 Å². The molecule has 3 nitrogen and oxygen atoms in total. The summed E-state index contributed by atoms with van der Waals surface area (Å²) >= 11 is 4.58. The quantitative estimate of drug-likeness (QED) is 0.349. The maximum atomic E-state index is 13.2. The van der Waals surface area contributed by atoms with Crippen molar-refractivity contribution in [1.82, 2.24) is 0 Å². The number of halogens is 4. The lowest BCUT2D eigenvalue weighted by molar-refractivity contribution is -0.135. The molecule has 0 bridgehead atoms. The molecule has 0 fully saturated rings. The molecule has 9 heteroatoms. The number of nitrogens with zero attached hydrogens (tertiary/aromatic N) is 1. The van der Waals surface area contributed by atoms with E-state index < -0.39 is 22.6 Å². The smallest absolute Gasteiger partial charge is 0.257 e. The van der Waals surface area contributed by atoms with E-state index in [-0.39, 0.29) is 24.3 Å². The number of rotatable bonds is 7. The number of anilines is 1. The monoisotopic (exact) mass is 491 g/mol. The molecule has 0 aliphatic heterocycles. The lowest BCUT2D eigenvalue weighted by Crippen LogP contribution is -2.31. The highest BCUT2D eigenvalue weighted by molar-refractivity contribution is 9.10. The minimum Gasteiger partial charge on any atom is -0.257 e. The molecule has 3 aromatic rings. The Balaban J connectivity index is 1.92. The summed E-state index contributed by atoms with van der Waals surface area (Å²) in [6.45, 7) is -0.0126. The molecule has 150 valence electrons. The van der Waals surface area contributed by atoms with Crippen molar-refractivity contribution in [3.05, 3.63) is 59.1 Å². The summed E-state index contributed by atoms with van der Waals surface area (Å²) in [6.07, 6.45) is -5.18. The van der Waals surface area contributed by atoms with Crippen LogP contribution >= 0.6 is 27.3 Å². The van der Waals surface area contributed by atoms with Crippen LogP contribution in [0.5, 0.6) is 0 Å². The van der Waals surface area contributed by atoms with Gasteiger partial charge in [0.25, 0.3) is 10.0 Å². The number of sulfonamides is 1. The fraction of sp³-hybridized carbons (Fsp3) is 0.263. The third-order valence-electron chi connectivity index (χ3n) is 4.13. The van der Waals surface area contributed by atoms with Gasteiger partial charge in [0, 0.05) is 22.1 Å². The van der Waals surface area contributed by atoms with E-state index >= 15 is 0 Å². The van der Waals surface area contributed by atoms with Gasteiger partial charge in [-0.1, -0.05) is 34.1 Å². The van der Waals surface area contributed by atoms with Crippen molar-refractivity contribution < 1.29 is 21.6 Å². The molecule has 1 aromatic heterocycles. The lowest BCUT2D eigenvalue weighted by Gasteiger charge is -2.23. The molecule has 0 amide bonds. The van der Waals surface area contributed by atoms with Gasteiger partial charge in [0.1, 0.15) is 5.00 Å². The maximum Gasteiger partial charge on any atom is 0.389 e. The van der Waals surface area contributed by atoms with Crippen LogP contribution in [0.25, 0.3) is 10.1 Å². The van der Waals surface area contributed by atoms with Crippen molar-refractivity contribution in [3.63, 3.8) is 0 Å². The average Bonchev–Trinajstić information content (AvgIpc) is 3.04. The molecule has 2 aromatic carbocycles. The second kappa shape index (κ2) is 8.42. The highest BCUT2D eigenvalue weighted by Crippen LogP contribution is 2.36. The van der Waals surface area contributed by atoms with E-state index in [0.717, 1.165) is 14.6 Å². The van der Waals surface area contributed by atoms with Gasteiger partial charge in [-0.25, -0.2) is 8.42 Å². The van der Waals surface area contributed by atoms with E-state index in [0.29, 0.717) is 5.00 Å². The average molecular weight is 492 g/mol. The molecule has 0 unspecified atom stereocenters. The number of unbranched alkanes of at least 4 members (excludes halogenated alkanes) is 1. The lowest BCUT2D eigenvalue weighted by atomic mass is 10.2. The van der Waals surface area contributed by atoms with Crippen LogP contribution in [0.2, 0.25) is 0 Å². The molecule has 0 saturated carbocycles. The summed E-state index contributed by atoms with van der Waals surface area (Å²) in [5.41, 5.74) is 0. The molecule has 0 aliphatic rings. The van der Waals surface area contributed by atoms with E-state index in [1.807, 2.05) is 24.3 Å². The standard InChI is InChI=1S/C19H17BrF3NO2S2/c20-15-7-9-16(10-8-15)28(25,26)24(12-4-3-11-19(21,22)23)18-13-14-5-1-2-6-17(14)27-18/h1-2,5-10,13H,3-4,11-12H2. The maximum absolute atomic E-state index is 13.2. The van der Waals surface area contributed by atoms with Crippen LogP contribution in [0, 0.1) is 0 Å². The topological polar surface area (TPSA) is 37.4 Å². The fourth-order valence-electron chi connectivity index (χ4n) is 2.75. The van der Waals surface area contributed by atoms with Crippen LogP contribution in [-0.2, 0) is 10.0 Å². The van der Waals surface area contributed by atoms with Gasteiger partial charge in [0.05, 0.1) is 4.90 Å². The highest BCUT2D eigenvalue weighted by Gasteiger charge is 2.29. The first kappa shape index (κ1) is 21.1. The van der Waals surface area contributed by atoms with Crippen LogP contribution in [0.4, 0.5) is 18.2 Å². The van der Waals surface area contributed by atoms with Gasteiger partial charge < -0.3 is 0 Å². The van der Waals surface area contributed by atoms with Crippen molar-refractivity contribution in [2.75, 3.05) is 10.8 Å². The largest absolute Gasteiger partial charge is 0.389 e. The zero-order valence-corrected chi connectivity index (χ0v) is 17.8. The van der Waals surface area contributed by atoms with Crippen molar-refractivity contribution in [3.8, 4) is 0 Å². The van der Waals surface area contributed by atoms with Crippen LogP contribution in [0.1, 0.15) is 19.3 Å². The molecular weight excluding hydrogens is 475 g/mol. The van der Waals surface area contributed by atoms with Crippen molar-refractivity contribution in [2.24, 2.45) is 0 Å². The molecule has 0 radical (unpaired) electrons. The SMILES string of the molecule is O=S(=O)(c1ccc(Br)cc1)N(CCCCC(F)(F)F)c1cc2ccccc2s1. The van der Waals surface area contributed by atoms with E-state index in [1.165, 1.54) is 27.8 Å². The molecule has 0 saturated heterocycles. The van der Waals surface area contributed by atoms with Crippen LogP contribution in [-0.4, -0.2) is 21.1 Å². The Labute approximate surface area is 174 Å². The first-order chi connectivity index (χ1) is 13.2. The predicted molar refractivity (Wildman–Crippen MR) is 110 cm³/mol. The minimum absolute atomic E-state index is 0.0126. The normalized spacial score (nSPS) is 12.4. The Morgan fingerprint density at radius 2 is 1.68 bits per heavy atom. The molecule has 0 atom stereocenters. The minimum atomic E-state index is -4.24. The Morgan fingerprint density at radius 3 is 2.32 bits per heavy atom. The third-order valence-corrected chi connectivity index (χ3v) is 7.74. The number of fused-ring (bicyclic) bond motifs is 1. The molecule has 0 N–H and O–H groups in total. The number of hydrogen-bond donors (Lipinski definition) is 0. The van der Waals surface area contributed by atoms with E-state index in [2.05, 4.69) is 15.9 Å². The fourth-order valence-corrected chi connectivity index (χ4v) is 5.81. The first-order valence-electron chi connectivity index (χ1n) is 8.50. The van der Waals surface area contributed by atoms with E-state index in [1.54, 1.807) is 18.2 Å². The number of hydrogen-bond acceptors (Lipinski definition) is 3. The Kier molecular flexibility index (Phi) is 6.36. The number of thiophene rings is 1. The Hall–Kier alpha value is -1.58. The highest BCUT2D eigenvalue weighted by atomic mass is 79.9. The molecular formula is C19H17BrF3NO2S2. The van der Waals surface area contributed by atoms with Gasteiger partial charge in [0.15, 0.2) is 0 Å². The molecule has 0 spiro atoms. The van der Waals surface area contributed by atoms with Gasteiger partial charge in [-0.15, -0.1) is 11.3 Å². The van der Waals surface area contributed by atoms with Crippen LogP contribution in [0.3, 0.4) is 0 Å². The molecule has 3 rings (SSSR count). The summed E-state index contributed by atoms with van der Waals surface area (Å²) in [4.78, 5) is 0.101. The third kappa shape index (κ3) is 5.07. The van der Waals surface area contributed by atoms with E-state index in [4.69, 9.17) is 0 Å². The Bertz CT molecular complexity index is 1010. The van der Waals surface area contributed by atoms with Crippen molar-refractivity contribution in [1.29, 1.82) is 0 Å². The second-order valence-corrected chi connectivity index (χ2v) is 10.1. The molecule has 28 heavy (non-hydrogen) atoms. The van der Waals surface area contributed by atoms with Gasteiger partial charge in [0.2, 0.25) is 0 Å². The summed E-state index contributed by atoms with van der Waals surface area (Å²) in [5, 5.41) is 1.39. The molecule has 0 aliphatic carbocycles. The second-order valence-electron chi connectivity index (χ2n) is 6.23. The number of alkyl halides is 3.